The predicted molar refractivity (Wildman–Crippen MR) is 169 cm³/mol. The molecule has 2 fully saturated rings. The largest absolute Gasteiger partial charge is 0.463 e. The van der Waals surface area contributed by atoms with Crippen LogP contribution in [0.15, 0.2) is 71.2 Å². The van der Waals surface area contributed by atoms with E-state index in [4.69, 9.17) is 21.1 Å². The van der Waals surface area contributed by atoms with Crippen LogP contribution in [-0.4, -0.2) is 77.7 Å². The van der Waals surface area contributed by atoms with Gasteiger partial charge in [-0.25, -0.2) is 0 Å². The Labute approximate surface area is 274 Å². The number of para-hydroxylation sites is 1. The van der Waals surface area contributed by atoms with E-state index in [0.29, 0.717) is 21.6 Å². The Bertz CT molecular complexity index is 1560. The van der Waals surface area contributed by atoms with Crippen LogP contribution in [0.4, 0.5) is 5.69 Å². The lowest BCUT2D eigenvalue weighted by Crippen LogP contribution is -2.56. The van der Waals surface area contributed by atoms with Crippen LogP contribution in [0.25, 0.3) is 0 Å². The van der Waals surface area contributed by atoms with Crippen LogP contribution in [0.2, 0.25) is 5.02 Å². The van der Waals surface area contributed by atoms with Gasteiger partial charge in [-0.15, -0.1) is 0 Å². The first-order chi connectivity index (χ1) is 21.7. The maximum atomic E-state index is 14.8. The van der Waals surface area contributed by atoms with Gasteiger partial charge >= 0.3 is 5.97 Å². The summed E-state index contributed by atoms with van der Waals surface area (Å²) >= 11 is 10.2. The SMILES string of the molecule is Cc1cccc(Cl)c1N1C/C=C\CCC(=O)OC[C@@H](c2ccccc2)NC(=O)[C@@H]2[C@H]3O[C@@]4(C=C3Br)[C@H](C1=O)N(CCO)C(=O)[C@@H]24. The maximum Gasteiger partial charge on any atom is 0.306 e. The van der Waals surface area contributed by atoms with Gasteiger partial charge in [-0.1, -0.05) is 82.1 Å². The molecule has 4 aliphatic heterocycles. The highest BCUT2D eigenvalue weighted by atomic mass is 79.9. The van der Waals surface area contributed by atoms with Crippen molar-refractivity contribution in [2.45, 2.75) is 43.6 Å². The zero-order valence-electron chi connectivity index (χ0n) is 24.5. The van der Waals surface area contributed by atoms with E-state index in [1.165, 1.54) is 9.80 Å². The van der Waals surface area contributed by atoms with Crippen molar-refractivity contribution in [2.24, 2.45) is 11.8 Å². The molecular formula is C33H33BrClN3O7. The van der Waals surface area contributed by atoms with Crippen LogP contribution < -0.4 is 10.2 Å². The number of rotatable bonds is 4. The summed E-state index contributed by atoms with van der Waals surface area (Å²) in [7, 11) is 0. The van der Waals surface area contributed by atoms with Crippen LogP contribution in [0.1, 0.15) is 30.0 Å². The minimum Gasteiger partial charge on any atom is -0.463 e. The van der Waals surface area contributed by atoms with Gasteiger partial charge in [0, 0.05) is 24.0 Å². The van der Waals surface area contributed by atoms with Crippen LogP contribution in [0.5, 0.6) is 0 Å². The van der Waals surface area contributed by atoms with Gasteiger partial charge < -0.3 is 29.7 Å². The third-order valence-corrected chi connectivity index (χ3v) is 9.91. The molecule has 6 rings (SSSR count). The molecule has 45 heavy (non-hydrogen) atoms. The normalized spacial score (nSPS) is 31.0. The summed E-state index contributed by atoms with van der Waals surface area (Å²) in [5.41, 5.74) is 0.457. The third-order valence-electron chi connectivity index (χ3n) is 8.93. The molecule has 4 aliphatic rings. The number of likely N-dealkylation sites (tertiary alicyclic amines) is 1. The van der Waals surface area contributed by atoms with Crippen LogP contribution in [-0.2, 0) is 28.7 Å². The minimum atomic E-state index is -1.48. The van der Waals surface area contributed by atoms with Crippen molar-refractivity contribution in [3.63, 3.8) is 0 Å². The maximum absolute atomic E-state index is 14.8. The molecule has 6 atom stereocenters. The Kier molecular flexibility index (Phi) is 8.89. The Hall–Kier alpha value is -3.51. The zero-order valence-corrected chi connectivity index (χ0v) is 26.9. The highest BCUT2D eigenvalue weighted by Gasteiger charge is 2.74. The first-order valence-electron chi connectivity index (χ1n) is 14.9. The highest BCUT2D eigenvalue weighted by molar-refractivity contribution is 9.11. The smallest absolute Gasteiger partial charge is 0.306 e. The lowest BCUT2D eigenvalue weighted by Gasteiger charge is -2.36. The van der Waals surface area contributed by atoms with Crippen molar-refractivity contribution in [2.75, 3.05) is 31.2 Å². The number of aliphatic hydroxyl groups is 1. The van der Waals surface area contributed by atoms with Gasteiger partial charge in [0.1, 0.15) is 24.4 Å². The average Bonchev–Trinajstić information content (AvgIpc) is 3.61. The fourth-order valence-electron chi connectivity index (χ4n) is 6.97. The van der Waals surface area contributed by atoms with Crippen molar-refractivity contribution in [3.05, 3.63) is 87.4 Å². The molecule has 0 unspecified atom stereocenters. The van der Waals surface area contributed by atoms with Crippen molar-refractivity contribution in [1.29, 1.82) is 0 Å². The molecule has 0 aromatic heterocycles. The molecular weight excluding hydrogens is 666 g/mol. The predicted octanol–water partition coefficient (Wildman–Crippen LogP) is 3.60. The molecule has 12 heteroatoms. The molecule has 3 amide bonds. The van der Waals surface area contributed by atoms with E-state index in [1.54, 1.807) is 30.4 Å². The number of esters is 1. The molecule has 1 spiro atoms. The quantitative estimate of drug-likeness (QED) is 0.370. The van der Waals surface area contributed by atoms with E-state index < -0.39 is 65.9 Å². The number of aryl methyl sites for hydroxylation is 1. The van der Waals surface area contributed by atoms with Crippen LogP contribution >= 0.6 is 27.5 Å². The second-order valence-electron chi connectivity index (χ2n) is 11.6. The second kappa shape index (κ2) is 12.7. The number of anilines is 1. The number of fused-ring (bicyclic) bond motifs is 2. The van der Waals surface area contributed by atoms with Crippen molar-refractivity contribution < 1.29 is 33.8 Å². The molecule has 0 aliphatic carbocycles. The molecule has 2 aromatic carbocycles. The molecule has 236 valence electrons. The summed E-state index contributed by atoms with van der Waals surface area (Å²) in [4.78, 5) is 58.7. The first-order valence-corrected chi connectivity index (χ1v) is 16.0. The fraction of sp³-hybridized carbons (Fsp3) is 0.394. The monoisotopic (exact) mass is 697 g/mol. The number of carbonyl (C=O) groups excluding carboxylic acids is 4. The topological polar surface area (TPSA) is 125 Å². The van der Waals surface area contributed by atoms with Gasteiger partial charge in [0.15, 0.2) is 0 Å². The van der Waals surface area contributed by atoms with Crippen LogP contribution in [0.3, 0.4) is 0 Å². The summed E-state index contributed by atoms with van der Waals surface area (Å²) in [6, 6.07) is 12.6. The number of halogens is 2. The highest BCUT2D eigenvalue weighted by Crippen LogP contribution is 2.58. The van der Waals surface area contributed by atoms with E-state index in [1.807, 2.05) is 43.3 Å². The Morgan fingerprint density at radius 2 is 1.84 bits per heavy atom. The number of carbonyl (C=O) groups is 4. The third kappa shape index (κ3) is 5.49. The number of nitrogens with zero attached hydrogens (tertiary/aromatic N) is 2. The number of hydrogen-bond acceptors (Lipinski definition) is 7. The summed E-state index contributed by atoms with van der Waals surface area (Å²) in [6.07, 6.45) is 4.93. The van der Waals surface area contributed by atoms with Gasteiger partial charge in [-0.3, -0.25) is 19.2 Å². The number of hydrogen-bond donors (Lipinski definition) is 2. The lowest BCUT2D eigenvalue weighted by molar-refractivity contribution is -0.145. The van der Waals surface area contributed by atoms with Crippen LogP contribution in [0, 0.1) is 18.8 Å². The lowest BCUT2D eigenvalue weighted by atomic mass is 9.74. The fourth-order valence-corrected chi connectivity index (χ4v) is 8.03. The number of allylic oxidation sites excluding steroid dienone is 1. The molecule has 5 bridgehead atoms. The summed E-state index contributed by atoms with van der Waals surface area (Å²) in [5, 5.41) is 13.4. The Balaban J connectivity index is 1.47. The summed E-state index contributed by atoms with van der Waals surface area (Å²) in [6.45, 7) is 1.30. The van der Waals surface area contributed by atoms with Crippen molar-refractivity contribution in [1.82, 2.24) is 10.2 Å². The molecule has 0 radical (unpaired) electrons. The minimum absolute atomic E-state index is 0.0885. The molecule has 2 saturated heterocycles. The first kappa shape index (κ1) is 31.5. The number of ether oxygens (including phenoxy) is 2. The Morgan fingerprint density at radius 1 is 1.07 bits per heavy atom. The van der Waals surface area contributed by atoms with Crippen molar-refractivity contribution >= 4 is 56.9 Å². The molecule has 10 nitrogen and oxygen atoms in total. The van der Waals surface area contributed by atoms with E-state index in [0.717, 1.165) is 11.1 Å². The van der Waals surface area contributed by atoms with E-state index in [2.05, 4.69) is 21.2 Å². The molecule has 0 saturated carbocycles. The van der Waals surface area contributed by atoms with Crippen molar-refractivity contribution in [3.8, 4) is 0 Å². The van der Waals surface area contributed by atoms with Gasteiger partial charge in [0.05, 0.1) is 35.2 Å². The molecule has 2 aromatic rings. The van der Waals surface area contributed by atoms with Gasteiger partial charge in [-0.05, 0) is 36.6 Å². The number of benzene rings is 2. The number of β-amino-alcohol motifs (C(OH)–C–C–N with tert-alkyl or cyclic N) is 1. The summed E-state index contributed by atoms with van der Waals surface area (Å²) < 4.78 is 12.7. The van der Waals surface area contributed by atoms with Gasteiger partial charge in [0.25, 0.3) is 5.91 Å². The van der Waals surface area contributed by atoms with E-state index in [-0.39, 0.29) is 26.1 Å². The number of nitrogens with one attached hydrogen (secondary N) is 1. The van der Waals surface area contributed by atoms with Gasteiger partial charge in [-0.2, -0.15) is 0 Å². The zero-order chi connectivity index (χ0) is 31.9. The second-order valence-corrected chi connectivity index (χ2v) is 12.9. The Morgan fingerprint density at radius 3 is 2.58 bits per heavy atom. The van der Waals surface area contributed by atoms with E-state index in [9.17, 15) is 24.3 Å². The van der Waals surface area contributed by atoms with E-state index >= 15 is 0 Å². The number of cyclic esters (lactones) is 1. The average molecular weight is 699 g/mol. The summed E-state index contributed by atoms with van der Waals surface area (Å²) in [5.74, 6) is -3.87. The number of amides is 3. The molecule has 4 heterocycles. The van der Waals surface area contributed by atoms with Gasteiger partial charge in [0.2, 0.25) is 11.8 Å². The molecule has 2 N–H and O–H groups in total. The number of aliphatic hydroxyl groups excluding tert-OH is 1. The standard InChI is InChI=1S/C33H33BrClN3O7/c1-19-9-8-12-22(35)27(19)37-14-7-3-6-13-24(40)44-18-23(20-10-4-2-5-11-20)36-30(41)25-26-31(42)38(15-16-39)29(32(37)43)33(26)17-21(34)28(25)45-33/h2-5,7-12,17,23,25-26,28-29,39H,6,13-16,18H2,1H3,(H,36,41)/b7-3-/t23-,25-,26+,28-,29-,33+/m0/s1.